The van der Waals surface area contributed by atoms with Crippen LogP contribution in [0.2, 0.25) is 0 Å². The zero-order valence-corrected chi connectivity index (χ0v) is 10.5. The van der Waals surface area contributed by atoms with E-state index in [2.05, 4.69) is 0 Å². The van der Waals surface area contributed by atoms with E-state index in [1.165, 1.54) is 0 Å². The molecule has 0 spiro atoms. The Labute approximate surface area is 104 Å². The molecule has 1 aliphatic rings. The van der Waals surface area contributed by atoms with Crippen molar-refractivity contribution in [2.75, 3.05) is 0 Å². The minimum absolute atomic E-state index is 0.0476. The van der Waals surface area contributed by atoms with Gasteiger partial charge in [0.2, 0.25) is 5.88 Å². The molecule has 2 rings (SSSR count). The van der Waals surface area contributed by atoms with Crippen molar-refractivity contribution in [3.05, 3.63) is 39.3 Å². The van der Waals surface area contributed by atoms with E-state index in [0.717, 1.165) is 0 Å². The topological polar surface area (TPSA) is 89.2 Å². The second kappa shape index (κ2) is 4.22. The molecule has 0 aliphatic carbocycles. The molecule has 5 nitrogen and oxygen atoms in total. The van der Waals surface area contributed by atoms with Crippen molar-refractivity contribution in [3.63, 3.8) is 0 Å². The van der Waals surface area contributed by atoms with E-state index in [1.54, 1.807) is 13.0 Å². The highest BCUT2D eigenvalue weighted by atomic mass is 16.5. The number of nitriles is 1. The van der Waals surface area contributed by atoms with Gasteiger partial charge in [0.25, 0.3) is 0 Å². The predicted molar refractivity (Wildman–Crippen MR) is 64.7 cm³/mol. The van der Waals surface area contributed by atoms with Gasteiger partial charge < -0.3 is 14.9 Å². The minimum atomic E-state index is -0.469. The summed E-state index contributed by atoms with van der Waals surface area (Å²) in [6.45, 7) is 5.50. The quantitative estimate of drug-likeness (QED) is 0.815. The van der Waals surface area contributed by atoms with E-state index in [0.29, 0.717) is 17.1 Å². The molecule has 0 bridgehead atoms. The van der Waals surface area contributed by atoms with E-state index in [4.69, 9.17) is 20.1 Å². The largest absolute Gasteiger partial charge is 0.440 e. The molecular weight excluding hydrogens is 232 g/mol. The maximum Gasteiger partial charge on any atom is 0.343 e. The van der Waals surface area contributed by atoms with Crippen molar-refractivity contribution in [2.45, 2.75) is 26.7 Å². The molecule has 0 fully saturated rings. The first-order valence-electron chi connectivity index (χ1n) is 5.68. The molecule has 0 saturated heterocycles. The molecule has 1 atom stereocenters. The summed E-state index contributed by atoms with van der Waals surface area (Å²) in [5.41, 5.74) is 5.93. The molecule has 2 heterocycles. The lowest BCUT2D eigenvalue weighted by Crippen LogP contribution is -2.28. The summed E-state index contributed by atoms with van der Waals surface area (Å²) in [7, 11) is 0. The summed E-state index contributed by atoms with van der Waals surface area (Å²) in [5, 5.41) is 9.15. The van der Waals surface area contributed by atoms with Crippen molar-refractivity contribution in [3.8, 4) is 11.8 Å². The molecule has 0 amide bonds. The van der Waals surface area contributed by atoms with Crippen LogP contribution in [0.4, 0.5) is 0 Å². The number of nitrogens with two attached hydrogens (primary N) is 1. The van der Waals surface area contributed by atoms with Gasteiger partial charge in [0.05, 0.1) is 11.1 Å². The Morgan fingerprint density at radius 3 is 2.72 bits per heavy atom. The van der Waals surface area contributed by atoms with E-state index in [9.17, 15) is 4.79 Å². The van der Waals surface area contributed by atoms with Gasteiger partial charge in [-0.05, 0) is 12.8 Å². The fourth-order valence-electron chi connectivity index (χ4n) is 2.22. The second-order valence-corrected chi connectivity index (χ2v) is 4.64. The van der Waals surface area contributed by atoms with Gasteiger partial charge in [-0.3, -0.25) is 0 Å². The first kappa shape index (κ1) is 12.2. The van der Waals surface area contributed by atoms with E-state index in [1.807, 2.05) is 19.9 Å². The molecule has 1 aromatic rings. The Hall–Kier alpha value is -2.22. The Morgan fingerprint density at radius 2 is 2.17 bits per heavy atom. The normalized spacial score (nSPS) is 18.3. The maximum atomic E-state index is 11.9. The fourth-order valence-corrected chi connectivity index (χ4v) is 2.22. The van der Waals surface area contributed by atoms with Crippen LogP contribution in [0.1, 0.15) is 31.1 Å². The molecule has 0 unspecified atom stereocenters. The highest BCUT2D eigenvalue weighted by Crippen LogP contribution is 2.40. The van der Waals surface area contributed by atoms with Crippen LogP contribution >= 0.6 is 0 Å². The first-order valence-corrected chi connectivity index (χ1v) is 5.68. The molecule has 94 valence electrons. The first-order chi connectivity index (χ1) is 8.45. The molecule has 1 aromatic heterocycles. The van der Waals surface area contributed by atoms with Crippen molar-refractivity contribution < 1.29 is 9.15 Å². The van der Waals surface area contributed by atoms with Gasteiger partial charge in [-0.2, -0.15) is 5.26 Å². The number of fused-ring (bicyclic) bond motifs is 1. The van der Waals surface area contributed by atoms with Gasteiger partial charge in [0, 0.05) is 12.0 Å². The van der Waals surface area contributed by atoms with Crippen LogP contribution in [0.5, 0.6) is 5.75 Å². The van der Waals surface area contributed by atoms with Crippen molar-refractivity contribution in [1.29, 1.82) is 5.26 Å². The Bertz CT molecular complexity index is 620. The van der Waals surface area contributed by atoms with Crippen LogP contribution in [0.25, 0.3) is 0 Å². The lowest BCUT2D eigenvalue weighted by Gasteiger charge is -2.27. The molecule has 1 aliphatic heterocycles. The summed E-state index contributed by atoms with van der Waals surface area (Å²) < 4.78 is 10.4. The van der Waals surface area contributed by atoms with Crippen molar-refractivity contribution in [2.24, 2.45) is 11.7 Å². The van der Waals surface area contributed by atoms with Crippen molar-refractivity contribution in [1.82, 2.24) is 0 Å². The molecule has 18 heavy (non-hydrogen) atoms. The maximum absolute atomic E-state index is 11.9. The number of nitrogens with zero attached hydrogens (tertiary/aromatic N) is 1. The Morgan fingerprint density at radius 1 is 1.50 bits per heavy atom. The van der Waals surface area contributed by atoms with Gasteiger partial charge >= 0.3 is 5.63 Å². The van der Waals surface area contributed by atoms with Crippen LogP contribution in [-0.4, -0.2) is 0 Å². The minimum Gasteiger partial charge on any atom is -0.440 e. The van der Waals surface area contributed by atoms with E-state index in [-0.39, 0.29) is 23.3 Å². The molecule has 0 saturated carbocycles. The van der Waals surface area contributed by atoms with Crippen LogP contribution in [-0.2, 0) is 0 Å². The highest BCUT2D eigenvalue weighted by Gasteiger charge is 2.34. The summed E-state index contributed by atoms with van der Waals surface area (Å²) >= 11 is 0. The summed E-state index contributed by atoms with van der Waals surface area (Å²) in [6.07, 6.45) is 0. The third kappa shape index (κ3) is 1.76. The summed E-state index contributed by atoms with van der Waals surface area (Å²) in [6, 6.07) is 3.64. The fraction of sp³-hybridized carbons (Fsp3) is 0.385. The Kier molecular flexibility index (Phi) is 2.87. The van der Waals surface area contributed by atoms with E-state index < -0.39 is 5.63 Å². The number of hydrogen-bond donors (Lipinski definition) is 1. The molecule has 2 N–H and O–H groups in total. The standard InChI is InChI=1S/C13H14N2O3/c1-6(2)10-8(5-14)12(15)18-9-4-7(3)17-13(16)11(9)10/h4,6,10H,15H2,1-3H3/t10-/m1/s1. The summed E-state index contributed by atoms with van der Waals surface area (Å²) in [5.74, 6) is 0.573. The monoisotopic (exact) mass is 246 g/mol. The van der Waals surface area contributed by atoms with Gasteiger partial charge in [-0.25, -0.2) is 4.79 Å². The van der Waals surface area contributed by atoms with Gasteiger partial charge in [-0.15, -0.1) is 0 Å². The number of allylic oxidation sites excluding steroid dienone is 1. The third-order valence-corrected chi connectivity index (χ3v) is 2.97. The highest BCUT2D eigenvalue weighted by molar-refractivity contribution is 5.48. The van der Waals surface area contributed by atoms with E-state index >= 15 is 0 Å². The molecular formula is C13H14N2O3. The van der Waals surface area contributed by atoms with Gasteiger partial charge in [0.1, 0.15) is 17.6 Å². The van der Waals surface area contributed by atoms with Crippen LogP contribution in [0.15, 0.2) is 26.7 Å². The Balaban J connectivity index is 2.73. The number of ether oxygens (including phenoxy) is 1. The van der Waals surface area contributed by atoms with Crippen LogP contribution in [0.3, 0.4) is 0 Å². The second-order valence-electron chi connectivity index (χ2n) is 4.64. The van der Waals surface area contributed by atoms with Crippen LogP contribution < -0.4 is 16.1 Å². The number of rotatable bonds is 1. The zero-order valence-electron chi connectivity index (χ0n) is 10.5. The smallest absolute Gasteiger partial charge is 0.343 e. The van der Waals surface area contributed by atoms with Gasteiger partial charge in [-0.1, -0.05) is 13.8 Å². The van der Waals surface area contributed by atoms with Gasteiger partial charge in [0.15, 0.2) is 0 Å². The third-order valence-electron chi connectivity index (χ3n) is 2.97. The lowest BCUT2D eigenvalue weighted by molar-refractivity contribution is 0.349. The molecule has 0 radical (unpaired) electrons. The average Bonchev–Trinajstić information content (AvgIpc) is 2.26. The van der Waals surface area contributed by atoms with Crippen LogP contribution in [0, 0.1) is 24.2 Å². The zero-order chi connectivity index (χ0) is 13.4. The molecule has 0 aromatic carbocycles. The SMILES string of the molecule is Cc1cc2c(c(=O)o1)[C@H](C(C)C)C(C#N)=C(N)O2. The molecule has 5 heteroatoms. The summed E-state index contributed by atoms with van der Waals surface area (Å²) in [4.78, 5) is 11.9. The average molecular weight is 246 g/mol. The van der Waals surface area contributed by atoms with Crippen molar-refractivity contribution >= 4 is 0 Å². The number of aryl methyl sites for hydroxylation is 1. The number of hydrogen-bond acceptors (Lipinski definition) is 5. The lowest BCUT2D eigenvalue weighted by atomic mass is 9.82. The predicted octanol–water partition coefficient (Wildman–Crippen LogP) is 1.77.